The summed E-state index contributed by atoms with van der Waals surface area (Å²) in [5, 5.41) is 21.0. The highest BCUT2D eigenvalue weighted by Gasteiger charge is 2.61. The molecule has 3 fully saturated rings. The van der Waals surface area contributed by atoms with Crippen molar-refractivity contribution in [2.75, 3.05) is 5.75 Å². The second kappa shape index (κ2) is 5.76. The zero-order chi connectivity index (χ0) is 17.2. The number of hydrogen-bond donors (Lipinski definition) is 3. The summed E-state index contributed by atoms with van der Waals surface area (Å²) in [6.07, 6.45) is 12.1. The normalized spacial score (nSPS) is 53.8. The fourth-order valence-corrected chi connectivity index (χ4v) is 7.79. The lowest BCUT2D eigenvalue weighted by atomic mass is 9.42. The van der Waals surface area contributed by atoms with Crippen LogP contribution >= 0.6 is 12.6 Å². The Morgan fingerprint density at radius 1 is 1.12 bits per heavy atom. The molecule has 7 atom stereocenters. The molecule has 0 amide bonds. The van der Waals surface area contributed by atoms with Crippen LogP contribution in [-0.4, -0.2) is 28.2 Å². The second-order valence-corrected chi connectivity index (χ2v) is 10.1. The van der Waals surface area contributed by atoms with Crippen LogP contribution in [0.1, 0.15) is 71.6 Å². The topological polar surface area (TPSA) is 40.5 Å². The third-order valence-electron chi connectivity index (χ3n) is 8.94. The Morgan fingerprint density at radius 2 is 1.92 bits per heavy atom. The van der Waals surface area contributed by atoms with Gasteiger partial charge in [-0.15, -0.1) is 0 Å². The predicted molar refractivity (Wildman–Crippen MR) is 101 cm³/mol. The molecular formula is C21H34O2S. The van der Waals surface area contributed by atoms with Crippen molar-refractivity contribution in [3.63, 3.8) is 0 Å². The Balaban J connectivity index is 1.74. The molecular weight excluding hydrogens is 316 g/mol. The van der Waals surface area contributed by atoms with Gasteiger partial charge in [-0.3, -0.25) is 0 Å². The van der Waals surface area contributed by atoms with E-state index < -0.39 is 0 Å². The number of aliphatic hydroxyl groups is 2. The molecule has 0 spiro atoms. The summed E-state index contributed by atoms with van der Waals surface area (Å²) >= 11 is 4.58. The van der Waals surface area contributed by atoms with Crippen LogP contribution in [-0.2, 0) is 0 Å². The molecule has 0 aliphatic heterocycles. The summed E-state index contributed by atoms with van der Waals surface area (Å²) < 4.78 is 0. The van der Waals surface area contributed by atoms with E-state index >= 15 is 0 Å². The molecule has 0 aromatic carbocycles. The van der Waals surface area contributed by atoms with Crippen LogP contribution in [0.3, 0.4) is 0 Å². The summed E-state index contributed by atoms with van der Waals surface area (Å²) in [5.41, 5.74) is 2.26. The number of hydrogen-bond acceptors (Lipinski definition) is 3. The molecule has 0 heterocycles. The standard InChI is InChI=1S/C21H34O2S/c1-19-8-7-17-15(16(19)3-4-18(19)23)6-10-21(11-12-24)13-14(22)5-9-20(17,21)2/h7,14-16,18,22-24H,3-6,8-13H2,1-2H3. The van der Waals surface area contributed by atoms with Crippen molar-refractivity contribution in [2.24, 2.45) is 28.1 Å². The molecule has 3 heteroatoms. The maximum Gasteiger partial charge on any atom is 0.0599 e. The average molecular weight is 351 g/mol. The first-order valence-electron chi connectivity index (χ1n) is 10.0. The maximum absolute atomic E-state index is 10.6. The van der Waals surface area contributed by atoms with Gasteiger partial charge in [0, 0.05) is 5.41 Å². The van der Waals surface area contributed by atoms with Gasteiger partial charge in [0.15, 0.2) is 0 Å². The van der Waals surface area contributed by atoms with E-state index in [1.54, 1.807) is 5.57 Å². The molecule has 136 valence electrons. The summed E-state index contributed by atoms with van der Waals surface area (Å²) in [6, 6.07) is 0. The largest absolute Gasteiger partial charge is 0.393 e. The zero-order valence-electron chi connectivity index (χ0n) is 15.3. The molecule has 3 saturated carbocycles. The lowest BCUT2D eigenvalue weighted by molar-refractivity contribution is -0.0865. The van der Waals surface area contributed by atoms with E-state index in [4.69, 9.17) is 0 Å². The van der Waals surface area contributed by atoms with E-state index in [-0.39, 0.29) is 28.5 Å². The molecule has 4 rings (SSSR count). The van der Waals surface area contributed by atoms with Gasteiger partial charge in [0.1, 0.15) is 0 Å². The molecule has 2 nitrogen and oxygen atoms in total. The fraction of sp³-hybridized carbons (Fsp3) is 0.905. The summed E-state index contributed by atoms with van der Waals surface area (Å²) in [7, 11) is 0. The van der Waals surface area contributed by atoms with Gasteiger partial charge >= 0.3 is 0 Å². The van der Waals surface area contributed by atoms with Gasteiger partial charge in [-0.25, -0.2) is 0 Å². The second-order valence-electron chi connectivity index (χ2n) is 9.70. The first-order valence-corrected chi connectivity index (χ1v) is 10.7. The molecule has 2 N–H and O–H groups in total. The highest BCUT2D eigenvalue weighted by atomic mass is 32.1. The Kier molecular flexibility index (Phi) is 4.18. The Hall–Kier alpha value is 0.01000. The molecule has 0 aromatic heterocycles. The van der Waals surface area contributed by atoms with Crippen LogP contribution in [0.15, 0.2) is 11.6 Å². The molecule has 0 radical (unpaired) electrons. The van der Waals surface area contributed by atoms with Crippen LogP contribution in [0, 0.1) is 28.1 Å². The van der Waals surface area contributed by atoms with Gasteiger partial charge in [0.25, 0.3) is 0 Å². The van der Waals surface area contributed by atoms with Crippen LogP contribution in [0.2, 0.25) is 0 Å². The number of thiol groups is 1. The summed E-state index contributed by atoms with van der Waals surface area (Å²) in [4.78, 5) is 0. The molecule has 4 aliphatic rings. The SMILES string of the molecule is CC12CC=C3C(CCC4(CCS)CC(O)CCC34C)C1CCC2O. The van der Waals surface area contributed by atoms with Gasteiger partial charge in [0.2, 0.25) is 0 Å². The van der Waals surface area contributed by atoms with E-state index in [9.17, 15) is 10.2 Å². The Labute approximate surface area is 152 Å². The summed E-state index contributed by atoms with van der Waals surface area (Å²) in [5.74, 6) is 2.24. The van der Waals surface area contributed by atoms with E-state index in [0.29, 0.717) is 11.8 Å². The van der Waals surface area contributed by atoms with Gasteiger partial charge in [0.05, 0.1) is 12.2 Å². The number of aliphatic hydroxyl groups excluding tert-OH is 2. The van der Waals surface area contributed by atoms with Crippen molar-refractivity contribution in [1.82, 2.24) is 0 Å². The lowest BCUT2D eigenvalue weighted by Crippen LogP contribution is -2.55. The highest BCUT2D eigenvalue weighted by Crippen LogP contribution is 2.69. The molecule has 0 aromatic rings. The molecule has 24 heavy (non-hydrogen) atoms. The average Bonchev–Trinajstić information content (AvgIpc) is 2.84. The van der Waals surface area contributed by atoms with E-state index in [1.165, 1.54) is 19.3 Å². The van der Waals surface area contributed by atoms with Crippen molar-refractivity contribution >= 4 is 12.6 Å². The van der Waals surface area contributed by atoms with Crippen LogP contribution in [0.5, 0.6) is 0 Å². The van der Waals surface area contributed by atoms with Crippen molar-refractivity contribution in [2.45, 2.75) is 83.8 Å². The molecule has 0 saturated heterocycles. The monoisotopic (exact) mass is 350 g/mol. The lowest BCUT2D eigenvalue weighted by Gasteiger charge is -2.62. The van der Waals surface area contributed by atoms with E-state index in [2.05, 4.69) is 32.6 Å². The zero-order valence-corrected chi connectivity index (χ0v) is 16.2. The fourth-order valence-electron chi connectivity index (χ4n) is 7.36. The predicted octanol–water partition coefficient (Wildman–Crippen LogP) is 4.36. The Morgan fingerprint density at radius 3 is 2.67 bits per heavy atom. The summed E-state index contributed by atoms with van der Waals surface area (Å²) in [6.45, 7) is 4.82. The van der Waals surface area contributed by atoms with E-state index in [0.717, 1.165) is 44.3 Å². The minimum Gasteiger partial charge on any atom is -0.393 e. The number of rotatable bonds is 2. The van der Waals surface area contributed by atoms with Gasteiger partial charge in [-0.05, 0) is 86.2 Å². The van der Waals surface area contributed by atoms with Crippen LogP contribution in [0.4, 0.5) is 0 Å². The maximum atomic E-state index is 10.6. The molecule has 4 aliphatic carbocycles. The molecule has 7 unspecified atom stereocenters. The van der Waals surface area contributed by atoms with Crippen LogP contribution in [0.25, 0.3) is 0 Å². The minimum atomic E-state index is -0.128. The highest BCUT2D eigenvalue weighted by molar-refractivity contribution is 7.80. The third-order valence-corrected chi connectivity index (χ3v) is 9.17. The molecule has 0 bridgehead atoms. The van der Waals surface area contributed by atoms with Gasteiger partial charge < -0.3 is 10.2 Å². The van der Waals surface area contributed by atoms with Gasteiger partial charge in [-0.2, -0.15) is 12.6 Å². The van der Waals surface area contributed by atoms with Crippen molar-refractivity contribution in [1.29, 1.82) is 0 Å². The third kappa shape index (κ3) is 2.16. The number of allylic oxidation sites excluding steroid dienone is 2. The Bertz CT molecular complexity index is 546. The first kappa shape index (κ1) is 17.4. The number of fused-ring (bicyclic) bond motifs is 5. The quantitative estimate of drug-likeness (QED) is 0.511. The van der Waals surface area contributed by atoms with Gasteiger partial charge in [-0.1, -0.05) is 25.5 Å². The first-order chi connectivity index (χ1) is 11.4. The van der Waals surface area contributed by atoms with Crippen molar-refractivity contribution in [3.05, 3.63) is 11.6 Å². The van der Waals surface area contributed by atoms with Crippen molar-refractivity contribution < 1.29 is 10.2 Å². The van der Waals surface area contributed by atoms with Crippen LogP contribution < -0.4 is 0 Å². The van der Waals surface area contributed by atoms with E-state index in [1.807, 2.05) is 0 Å². The minimum absolute atomic E-state index is 0.0995. The van der Waals surface area contributed by atoms with Crippen molar-refractivity contribution in [3.8, 4) is 0 Å². The smallest absolute Gasteiger partial charge is 0.0599 e.